The van der Waals surface area contributed by atoms with Crippen molar-refractivity contribution < 1.29 is 14.7 Å². The van der Waals surface area contributed by atoms with E-state index < -0.39 is 11.8 Å². The molecule has 0 radical (unpaired) electrons. The summed E-state index contributed by atoms with van der Waals surface area (Å²) in [4.78, 5) is 23.4. The first-order valence-electron chi connectivity index (χ1n) is 6.18. The smallest absolute Gasteiger partial charge is 0.313 e. The van der Waals surface area contributed by atoms with Crippen LogP contribution in [0.4, 0.5) is 5.69 Å². The lowest BCUT2D eigenvalue weighted by molar-refractivity contribution is -0.136. The van der Waals surface area contributed by atoms with E-state index in [1.807, 2.05) is 0 Å². The second-order valence-corrected chi connectivity index (χ2v) is 4.69. The van der Waals surface area contributed by atoms with Crippen LogP contribution < -0.4 is 10.6 Å². The summed E-state index contributed by atoms with van der Waals surface area (Å²) >= 11 is 5.95. The Morgan fingerprint density at radius 3 is 2.52 bits per heavy atom. The number of carbonyl (C=O) groups excluding carboxylic acids is 2. The van der Waals surface area contributed by atoms with Crippen LogP contribution in [0.3, 0.4) is 0 Å². The molecule has 6 heteroatoms. The van der Waals surface area contributed by atoms with Crippen molar-refractivity contribution in [2.45, 2.75) is 6.54 Å². The second-order valence-electron chi connectivity index (χ2n) is 4.28. The summed E-state index contributed by atoms with van der Waals surface area (Å²) in [5.41, 5.74) is 1.06. The van der Waals surface area contributed by atoms with E-state index in [1.165, 1.54) is 12.1 Å². The highest BCUT2D eigenvalue weighted by Gasteiger charge is 2.14. The Labute approximate surface area is 126 Å². The molecule has 21 heavy (non-hydrogen) atoms. The van der Waals surface area contributed by atoms with Crippen LogP contribution in [0.1, 0.15) is 5.56 Å². The number of rotatable bonds is 3. The molecule has 3 N–H and O–H groups in total. The van der Waals surface area contributed by atoms with Gasteiger partial charge in [-0.1, -0.05) is 35.9 Å². The lowest BCUT2D eigenvalue weighted by Gasteiger charge is -2.08. The van der Waals surface area contributed by atoms with E-state index in [4.69, 9.17) is 11.6 Å². The van der Waals surface area contributed by atoms with Gasteiger partial charge in [-0.3, -0.25) is 9.59 Å². The van der Waals surface area contributed by atoms with Gasteiger partial charge in [-0.05, 0) is 23.8 Å². The first-order chi connectivity index (χ1) is 10.1. The van der Waals surface area contributed by atoms with Crippen molar-refractivity contribution >= 4 is 29.1 Å². The second kappa shape index (κ2) is 6.76. The van der Waals surface area contributed by atoms with Crippen LogP contribution in [0.5, 0.6) is 5.75 Å². The molecule has 0 bridgehead atoms. The van der Waals surface area contributed by atoms with E-state index in [0.717, 1.165) is 5.56 Å². The largest absolute Gasteiger partial charge is 0.508 e. The van der Waals surface area contributed by atoms with Crippen LogP contribution in [0.2, 0.25) is 5.02 Å². The maximum atomic E-state index is 11.7. The van der Waals surface area contributed by atoms with E-state index in [2.05, 4.69) is 10.6 Å². The van der Waals surface area contributed by atoms with Gasteiger partial charge in [0.25, 0.3) is 0 Å². The van der Waals surface area contributed by atoms with E-state index in [-0.39, 0.29) is 12.3 Å². The molecule has 2 aromatic carbocycles. The molecule has 0 aromatic heterocycles. The summed E-state index contributed by atoms with van der Waals surface area (Å²) in [5.74, 6) is -1.59. The van der Waals surface area contributed by atoms with E-state index in [1.54, 1.807) is 36.4 Å². The number of nitrogens with one attached hydrogen (secondary N) is 2. The van der Waals surface area contributed by atoms with Crippen molar-refractivity contribution in [3.63, 3.8) is 0 Å². The Balaban J connectivity index is 1.91. The van der Waals surface area contributed by atoms with Gasteiger partial charge in [0.05, 0.1) is 0 Å². The van der Waals surface area contributed by atoms with E-state index in [9.17, 15) is 14.7 Å². The van der Waals surface area contributed by atoms with Crippen LogP contribution in [-0.4, -0.2) is 16.9 Å². The van der Waals surface area contributed by atoms with Gasteiger partial charge in [0.15, 0.2) is 0 Å². The number of hydrogen-bond acceptors (Lipinski definition) is 3. The molecule has 2 amide bonds. The van der Waals surface area contributed by atoms with Crippen molar-refractivity contribution in [1.82, 2.24) is 5.32 Å². The number of phenolic OH excluding ortho intramolecular Hbond substituents is 1. The minimum absolute atomic E-state index is 0.00396. The predicted molar refractivity (Wildman–Crippen MR) is 80.0 cm³/mol. The number of hydrogen-bond donors (Lipinski definition) is 3. The Morgan fingerprint density at radius 1 is 1.05 bits per heavy atom. The number of halogens is 1. The highest BCUT2D eigenvalue weighted by Crippen LogP contribution is 2.16. The summed E-state index contributed by atoms with van der Waals surface area (Å²) < 4.78 is 0. The van der Waals surface area contributed by atoms with Gasteiger partial charge < -0.3 is 15.7 Å². The van der Waals surface area contributed by atoms with Crippen molar-refractivity contribution in [1.29, 1.82) is 0 Å². The average Bonchev–Trinajstić information content (AvgIpc) is 2.46. The summed E-state index contributed by atoms with van der Waals surface area (Å²) in [6, 6.07) is 13.0. The van der Waals surface area contributed by atoms with Gasteiger partial charge in [0.2, 0.25) is 0 Å². The van der Waals surface area contributed by atoms with E-state index in [0.29, 0.717) is 10.7 Å². The maximum Gasteiger partial charge on any atom is 0.313 e. The molecule has 108 valence electrons. The molecular formula is C15H13ClN2O3. The standard InChI is InChI=1S/C15H13ClN2O3/c16-13-7-2-1-4-10(13)9-17-14(20)15(21)18-11-5-3-6-12(19)8-11/h1-8,19H,9H2,(H,17,20)(H,18,21). The Morgan fingerprint density at radius 2 is 1.81 bits per heavy atom. The predicted octanol–water partition coefficient (Wildman–Crippen LogP) is 2.30. The summed E-state index contributed by atoms with van der Waals surface area (Å²) in [6.07, 6.45) is 0. The number of amides is 2. The summed E-state index contributed by atoms with van der Waals surface area (Å²) in [6.45, 7) is 0.159. The monoisotopic (exact) mass is 304 g/mol. The zero-order valence-corrected chi connectivity index (χ0v) is 11.7. The number of aromatic hydroxyl groups is 1. The molecule has 0 aliphatic carbocycles. The zero-order chi connectivity index (χ0) is 15.2. The highest BCUT2D eigenvalue weighted by atomic mass is 35.5. The lowest BCUT2D eigenvalue weighted by atomic mass is 10.2. The fourth-order valence-electron chi connectivity index (χ4n) is 1.67. The fraction of sp³-hybridized carbons (Fsp3) is 0.0667. The third-order valence-electron chi connectivity index (χ3n) is 2.71. The SMILES string of the molecule is O=C(NCc1ccccc1Cl)C(=O)Nc1cccc(O)c1. The molecule has 5 nitrogen and oxygen atoms in total. The molecular weight excluding hydrogens is 292 g/mol. The summed E-state index contributed by atoms with van der Waals surface area (Å²) in [7, 11) is 0. The summed E-state index contributed by atoms with van der Waals surface area (Å²) in [5, 5.41) is 14.7. The average molecular weight is 305 g/mol. The molecule has 0 saturated heterocycles. The third-order valence-corrected chi connectivity index (χ3v) is 3.08. The van der Waals surface area contributed by atoms with Gasteiger partial charge >= 0.3 is 11.8 Å². The minimum Gasteiger partial charge on any atom is -0.508 e. The lowest BCUT2D eigenvalue weighted by Crippen LogP contribution is -2.35. The van der Waals surface area contributed by atoms with Crippen molar-refractivity contribution in [2.24, 2.45) is 0 Å². The molecule has 0 fully saturated rings. The molecule has 0 unspecified atom stereocenters. The first kappa shape index (κ1) is 14.9. The van der Waals surface area contributed by atoms with Gasteiger partial charge in [-0.15, -0.1) is 0 Å². The number of benzene rings is 2. The Hall–Kier alpha value is -2.53. The van der Waals surface area contributed by atoms with Crippen molar-refractivity contribution in [3.8, 4) is 5.75 Å². The quantitative estimate of drug-likeness (QED) is 0.761. The van der Waals surface area contributed by atoms with Gasteiger partial charge in [-0.25, -0.2) is 0 Å². The van der Waals surface area contributed by atoms with Crippen LogP contribution in [0.25, 0.3) is 0 Å². The van der Waals surface area contributed by atoms with Crippen molar-refractivity contribution in [3.05, 3.63) is 59.1 Å². The topological polar surface area (TPSA) is 78.4 Å². The van der Waals surface area contributed by atoms with E-state index >= 15 is 0 Å². The maximum absolute atomic E-state index is 11.7. The fourth-order valence-corrected chi connectivity index (χ4v) is 1.87. The molecule has 0 aliphatic rings. The highest BCUT2D eigenvalue weighted by molar-refractivity contribution is 6.39. The molecule has 2 rings (SSSR count). The third kappa shape index (κ3) is 4.22. The van der Waals surface area contributed by atoms with Gasteiger partial charge in [0, 0.05) is 23.3 Å². The van der Waals surface area contributed by atoms with Gasteiger partial charge in [0.1, 0.15) is 5.75 Å². The molecule has 0 spiro atoms. The minimum atomic E-state index is -0.812. The first-order valence-corrected chi connectivity index (χ1v) is 6.55. The molecule has 2 aromatic rings. The van der Waals surface area contributed by atoms with Gasteiger partial charge in [-0.2, -0.15) is 0 Å². The number of phenols is 1. The van der Waals surface area contributed by atoms with Crippen LogP contribution in [0, 0.1) is 0 Å². The normalized spacial score (nSPS) is 9.95. The Bertz CT molecular complexity index is 673. The van der Waals surface area contributed by atoms with Crippen molar-refractivity contribution in [2.75, 3.05) is 5.32 Å². The zero-order valence-electron chi connectivity index (χ0n) is 11.0. The van der Waals surface area contributed by atoms with Crippen LogP contribution >= 0.6 is 11.6 Å². The van der Waals surface area contributed by atoms with Crippen LogP contribution in [0.15, 0.2) is 48.5 Å². The molecule has 0 atom stereocenters. The molecule has 0 aliphatic heterocycles. The molecule has 0 heterocycles. The number of anilines is 1. The molecule has 0 saturated carbocycles. The Kier molecular flexibility index (Phi) is 4.79. The van der Waals surface area contributed by atoms with Crippen LogP contribution in [-0.2, 0) is 16.1 Å². The number of carbonyl (C=O) groups is 2.